The van der Waals surface area contributed by atoms with Crippen molar-refractivity contribution in [3.8, 4) is 5.82 Å². The molecule has 27 heavy (non-hydrogen) atoms. The van der Waals surface area contributed by atoms with Gasteiger partial charge in [0.2, 0.25) is 5.91 Å². The zero-order chi connectivity index (χ0) is 18.5. The van der Waals surface area contributed by atoms with Gasteiger partial charge in [-0.2, -0.15) is 9.78 Å². The average molecular weight is 363 g/mol. The second-order valence-corrected chi connectivity index (χ2v) is 6.38. The number of H-pyrrole nitrogens is 1. The van der Waals surface area contributed by atoms with Crippen LogP contribution >= 0.6 is 0 Å². The number of aromatic nitrogens is 6. The van der Waals surface area contributed by atoms with Gasteiger partial charge in [0.05, 0.1) is 12.0 Å². The van der Waals surface area contributed by atoms with E-state index in [9.17, 15) is 9.18 Å². The maximum Gasteiger partial charge on any atom is 0.226 e. The standard InChI is InChI=1S/C18H14FN7O/c1-9-14-11(10-4-2-3-5-12(10)19)6-13(27)24-17(14)26(25-9)18-15-16(21-7-20-15)22-8-23-18/h2-5,7-8,11H,6H2,1H3,(H,24,27)(H,20,21,22,23). The Morgan fingerprint density at radius 3 is 2.93 bits per heavy atom. The molecular formula is C18H14FN7O. The third-order valence-corrected chi connectivity index (χ3v) is 4.79. The molecule has 0 bridgehead atoms. The average Bonchev–Trinajstić information content (AvgIpc) is 3.26. The van der Waals surface area contributed by atoms with E-state index in [1.807, 2.05) is 6.92 Å². The lowest BCUT2D eigenvalue weighted by Crippen LogP contribution is -2.25. The van der Waals surface area contributed by atoms with E-state index in [0.29, 0.717) is 34.1 Å². The Kier molecular flexibility index (Phi) is 3.30. The van der Waals surface area contributed by atoms with Crippen molar-refractivity contribution in [1.82, 2.24) is 29.7 Å². The Bertz CT molecular complexity index is 1200. The van der Waals surface area contributed by atoms with E-state index >= 15 is 0 Å². The van der Waals surface area contributed by atoms with E-state index in [2.05, 4.69) is 30.4 Å². The topological polar surface area (TPSA) is 101 Å². The fourth-order valence-corrected chi connectivity index (χ4v) is 3.64. The SMILES string of the molecule is Cc1nn(-c2ncnc3nc[nH]c23)c2c1C(c1ccccc1F)CC(=O)N2. The first-order valence-corrected chi connectivity index (χ1v) is 8.41. The predicted octanol–water partition coefficient (Wildman–Crippen LogP) is 2.46. The molecule has 4 heterocycles. The molecular weight excluding hydrogens is 349 g/mol. The molecule has 0 spiro atoms. The molecule has 134 valence electrons. The van der Waals surface area contributed by atoms with E-state index in [1.165, 1.54) is 18.7 Å². The molecule has 0 fully saturated rings. The van der Waals surface area contributed by atoms with Crippen molar-refractivity contribution in [2.45, 2.75) is 19.3 Å². The fourth-order valence-electron chi connectivity index (χ4n) is 3.64. The normalized spacial score (nSPS) is 16.4. The van der Waals surface area contributed by atoms with E-state index in [-0.39, 0.29) is 18.1 Å². The summed E-state index contributed by atoms with van der Waals surface area (Å²) in [6, 6.07) is 6.51. The van der Waals surface area contributed by atoms with Gasteiger partial charge in [-0.25, -0.2) is 19.3 Å². The number of aryl methyl sites for hydroxylation is 1. The Hall–Kier alpha value is -3.62. The molecule has 1 aromatic carbocycles. The molecule has 1 amide bonds. The van der Waals surface area contributed by atoms with E-state index < -0.39 is 5.92 Å². The summed E-state index contributed by atoms with van der Waals surface area (Å²) in [5, 5.41) is 7.44. The first kappa shape index (κ1) is 15.6. The van der Waals surface area contributed by atoms with Crippen molar-refractivity contribution < 1.29 is 9.18 Å². The van der Waals surface area contributed by atoms with Crippen molar-refractivity contribution in [2.24, 2.45) is 0 Å². The molecule has 1 unspecified atom stereocenters. The third kappa shape index (κ3) is 2.31. The largest absolute Gasteiger partial charge is 0.340 e. The van der Waals surface area contributed by atoms with Crippen LogP contribution in [0.25, 0.3) is 17.0 Å². The first-order chi connectivity index (χ1) is 13.1. The van der Waals surface area contributed by atoms with Crippen LogP contribution in [0.3, 0.4) is 0 Å². The van der Waals surface area contributed by atoms with Crippen LogP contribution in [0.2, 0.25) is 0 Å². The fraction of sp³-hybridized carbons (Fsp3) is 0.167. The lowest BCUT2D eigenvalue weighted by Gasteiger charge is -2.24. The number of anilines is 1. The van der Waals surface area contributed by atoms with Crippen LogP contribution in [-0.4, -0.2) is 35.6 Å². The Morgan fingerprint density at radius 1 is 1.22 bits per heavy atom. The molecule has 9 heteroatoms. The summed E-state index contributed by atoms with van der Waals surface area (Å²) in [6.45, 7) is 1.84. The lowest BCUT2D eigenvalue weighted by atomic mass is 9.85. The van der Waals surface area contributed by atoms with Gasteiger partial charge in [0.25, 0.3) is 0 Å². The molecule has 5 rings (SSSR count). The highest BCUT2D eigenvalue weighted by Gasteiger charge is 2.34. The zero-order valence-electron chi connectivity index (χ0n) is 14.3. The van der Waals surface area contributed by atoms with Crippen LogP contribution < -0.4 is 5.32 Å². The number of rotatable bonds is 2. The van der Waals surface area contributed by atoms with Gasteiger partial charge >= 0.3 is 0 Å². The van der Waals surface area contributed by atoms with Crippen molar-refractivity contribution in [3.05, 3.63) is 59.6 Å². The van der Waals surface area contributed by atoms with Crippen molar-refractivity contribution in [2.75, 3.05) is 5.32 Å². The summed E-state index contributed by atoms with van der Waals surface area (Å²) in [7, 11) is 0. The van der Waals surface area contributed by atoms with Crippen molar-refractivity contribution in [1.29, 1.82) is 0 Å². The number of hydrogen-bond acceptors (Lipinski definition) is 5. The molecule has 1 aliphatic rings. The first-order valence-electron chi connectivity index (χ1n) is 8.41. The van der Waals surface area contributed by atoms with Gasteiger partial charge in [-0.15, -0.1) is 0 Å². The smallest absolute Gasteiger partial charge is 0.226 e. The van der Waals surface area contributed by atoms with E-state index in [4.69, 9.17) is 0 Å². The molecule has 4 aromatic rings. The summed E-state index contributed by atoms with van der Waals surface area (Å²) in [5.41, 5.74) is 3.06. The van der Waals surface area contributed by atoms with Gasteiger partial charge in [-0.1, -0.05) is 18.2 Å². The van der Waals surface area contributed by atoms with Gasteiger partial charge in [0.15, 0.2) is 11.5 Å². The van der Waals surface area contributed by atoms with Gasteiger partial charge in [-0.3, -0.25) is 4.79 Å². The Labute approximate surface area is 152 Å². The van der Waals surface area contributed by atoms with Crippen LogP contribution in [-0.2, 0) is 4.79 Å². The number of nitrogens with one attached hydrogen (secondary N) is 2. The summed E-state index contributed by atoms with van der Waals surface area (Å²) in [4.78, 5) is 27.9. The Balaban J connectivity index is 1.75. The quantitative estimate of drug-likeness (QED) is 0.570. The minimum Gasteiger partial charge on any atom is -0.340 e. The number of halogens is 1. The number of carbonyl (C=O) groups excluding carboxylic acids is 1. The van der Waals surface area contributed by atoms with Gasteiger partial charge in [0, 0.05) is 17.9 Å². The second-order valence-electron chi connectivity index (χ2n) is 6.38. The number of imidazole rings is 1. The van der Waals surface area contributed by atoms with Crippen LogP contribution in [0.5, 0.6) is 0 Å². The maximum atomic E-state index is 14.4. The zero-order valence-corrected chi connectivity index (χ0v) is 14.3. The molecule has 1 aliphatic heterocycles. The van der Waals surface area contributed by atoms with Gasteiger partial charge < -0.3 is 10.3 Å². The number of benzene rings is 1. The number of nitrogens with zero attached hydrogens (tertiary/aromatic N) is 5. The molecule has 0 radical (unpaired) electrons. The number of hydrogen-bond donors (Lipinski definition) is 2. The highest BCUT2D eigenvalue weighted by Crippen LogP contribution is 2.41. The highest BCUT2D eigenvalue weighted by molar-refractivity contribution is 5.95. The minimum absolute atomic E-state index is 0.156. The number of fused-ring (bicyclic) bond motifs is 2. The van der Waals surface area contributed by atoms with Gasteiger partial charge in [-0.05, 0) is 18.6 Å². The number of aromatic amines is 1. The van der Waals surface area contributed by atoms with Crippen LogP contribution in [0.15, 0.2) is 36.9 Å². The van der Waals surface area contributed by atoms with Crippen LogP contribution in [0.1, 0.15) is 29.2 Å². The number of carbonyl (C=O) groups is 1. The molecule has 3 aromatic heterocycles. The monoisotopic (exact) mass is 363 g/mol. The van der Waals surface area contributed by atoms with Crippen LogP contribution in [0, 0.1) is 12.7 Å². The van der Waals surface area contributed by atoms with Gasteiger partial charge in [0.1, 0.15) is 23.5 Å². The molecule has 0 aliphatic carbocycles. The number of amides is 1. The summed E-state index contributed by atoms with van der Waals surface area (Å²) in [5.74, 6) is 0.00541. The molecule has 1 atom stereocenters. The third-order valence-electron chi connectivity index (χ3n) is 4.79. The highest BCUT2D eigenvalue weighted by atomic mass is 19.1. The molecule has 2 N–H and O–H groups in total. The summed E-state index contributed by atoms with van der Waals surface area (Å²) < 4.78 is 16.0. The molecule has 0 saturated heterocycles. The molecule has 0 saturated carbocycles. The van der Waals surface area contributed by atoms with E-state index in [0.717, 1.165) is 5.56 Å². The summed E-state index contributed by atoms with van der Waals surface area (Å²) in [6.07, 6.45) is 3.07. The minimum atomic E-state index is -0.414. The van der Waals surface area contributed by atoms with Crippen molar-refractivity contribution >= 4 is 22.9 Å². The van der Waals surface area contributed by atoms with E-state index in [1.54, 1.807) is 22.9 Å². The lowest BCUT2D eigenvalue weighted by molar-refractivity contribution is -0.116. The Morgan fingerprint density at radius 2 is 2.07 bits per heavy atom. The maximum absolute atomic E-state index is 14.4. The summed E-state index contributed by atoms with van der Waals surface area (Å²) >= 11 is 0. The predicted molar refractivity (Wildman–Crippen MR) is 95.0 cm³/mol. The molecule has 8 nitrogen and oxygen atoms in total. The van der Waals surface area contributed by atoms with Crippen molar-refractivity contribution in [3.63, 3.8) is 0 Å². The van der Waals surface area contributed by atoms with Crippen LogP contribution in [0.4, 0.5) is 10.2 Å². The second kappa shape index (κ2) is 5.70.